The summed E-state index contributed by atoms with van der Waals surface area (Å²) in [6.07, 6.45) is 3.15. The first kappa shape index (κ1) is 25.8. The van der Waals surface area contributed by atoms with E-state index in [9.17, 15) is 13.2 Å². The van der Waals surface area contributed by atoms with Gasteiger partial charge >= 0.3 is 0 Å². The van der Waals surface area contributed by atoms with Crippen molar-refractivity contribution < 1.29 is 13.2 Å². The number of fused-ring (bicyclic) bond motifs is 1. The number of hydrogen-bond acceptors (Lipinski definition) is 4. The predicted molar refractivity (Wildman–Crippen MR) is 147 cm³/mol. The van der Waals surface area contributed by atoms with Crippen molar-refractivity contribution in [2.24, 2.45) is 0 Å². The Morgan fingerprint density at radius 2 is 1.67 bits per heavy atom. The summed E-state index contributed by atoms with van der Waals surface area (Å²) in [5.74, 6) is -0.119. The second-order valence-corrected chi connectivity index (χ2v) is 11.6. The molecule has 0 aliphatic carbocycles. The maximum absolute atomic E-state index is 12.7. The molecular weight excluding hydrogens is 470 g/mol. The van der Waals surface area contributed by atoms with Gasteiger partial charge in [0.15, 0.2) is 0 Å². The number of sulfonamides is 1. The van der Waals surface area contributed by atoms with Crippen molar-refractivity contribution in [2.75, 3.05) is 28.6 Å². The predicted octanol–water partition coefficient (Wildman–Crippen LogP) is 4.84. The van der Waals surface area contributed by atoms with Gasteiger partial charge in [-0.2, -0.15) is 0 Å². The summed E-state index contributed by atoms with van der Waals surface area (Å²) in [7, 11) is -3.48. The van der Waals surface area contributed by atoms with E-state index in [1.165, 1.54) is 21.8 Å². The van der Waals surface area contributed by atoms with Gasteiger partial charge in [0, 0.05) is 30.4 Å². The second-order valence-electron chi connectivity index (χ2n) is 9.69. The minimum absolute atomic E-state index is 0.119. The molecule has 0 bridgehead atoms. The topological polar surface area (TPSA) is 69.7 Å². The van der Waals surface area contributed by atoms with Gasteiger partial charge in [-0.3, -0.25) is 9.10 Å². The van der Waals surface area contributed by atoms with Crippen LogP contribution in [0.15, 0.2) is 66.7 Å². The van der Waals surface area contributed by atoms with Crippen LogP contribution in [0.5, 0.6) is 0 Å². The highest BCUT2D eigenvalue weighted by atomic mass is 32.2. The maximum atomic E-state index is 12.7. The third-order valence-corrected chi connectivity index (χ3v) is 7.95. The molecule has 0 spiro atoms. The van der Waals surface area contributed by atoms with E-state index < -0.39 is 10.0 Å². The van der Waals surface area contributed by atoms with Crippen molar-refractivity contribution in [3.05, 3.63) is 94.5 Å². The normalized spacial score (nSPS) is 15.0. The fraction of sp³-hybridized carbons (Fsp3) is 0.345. The smallest absolute Gasteiger partial charge is 0.251 e. The van der Waals surface area contributed by atoms with Crippen LogP contribution in [-0.2, 0) is 23.0 Å². The minimum atomic E-state index is -3.48. The summed E-state index contributed by atoms with van der Waals surface area (Å²) in [6, 6.07) is 21.9. The average Bonchev–Trinajstić information content (AvgIpc) is 3.15. The van der Waals surface area contributed by atoms with Crippen molar-refractivity contribution in [2.45, 2.75) is 46.2 Å². The van der Waals surface area contributed by atoms with Gasteiger partial charge in [0.05, 0.1) is 18.5 Å². The molecule has 1 N–H and O–H groups in total. The summed E-state index contributed by atoms with van der Waals surface area (Å²) >= 11 is 0. The Labute approximate surface area is 215 Å². The van der Waals surface area contributed by atoms with Crippen molar-refractivity contribution in [1.29, 1.82) is 0 Å². The lowest BCUT2D eigenvalue weighted by molar-refractivity contribution is 0.0953. The summed E-state index contributed by atoms with van der Waals surface area (Å²) in [5, 5.41) is 3.02. The molecule has 7 heteroatoms. The van der Waals surface area contributed by atoms with Gasteiger partial charge in [-0.1, -0.05) is 48.5 Å². The molecule has 3 aromatic rings. The van der Waals surface area contributed by atoms with Gasteiger partial charge in [-0.15, -0.1) is 0 Å². The Morgan fingerprint density at radius 1 is 1.00 bits per heavy atom. The van der Waals surface area contributed by atoms with E-state index in [1.54, 1.807) is 12.1 Å². The molecule has 1 unspecified atom stereocenters. The van der Waals surface area contributed by atoms with E-state index in [-0.39, 0.29) is 12.5 Å². The zero-order valence-electron chi connectivity index (χ0n) is 21.5. The zero-order chi connectivity index (χ0) is 25.9. The van der Waals surface area contributed by atoms with Crippen LogP contribution in [0.1, 0.15) is 46.0 Å². The number of rotatable bonds is 9. The number of carbonyl (C=O) groups excluding carboxylic acids is 1. The lowest BCUT2D eigenvalue weighted by Crippen LogP contribution is -2.33. The standard InChI is InChI=1S/C29H35N3O3S/c1-21-9-7-10-22(2)28(21)32(36(4,34)35)20-24-13-15-25(16-14-24)29(33)30-17-8-18-31-23(3)19-26-11-5-6-12-27(26)31/h5-7,9-16,23H,8,17-20H2,1-4H3,(H,30,33). The Bertz CT molecular complexity index is 1320. The van der Waals surface area contributed by atoms with Crippen LogP contribution >= 0.6 is 0 Å². The van der Waals surface area contributed by atoms with Crippen molar-refractivity contribution in [3.8, 4) is 0 Å². The maximum Gasteiger partial charge on any atom is 0.251 e. The monoisotopic (exact) mass is 505 g/mol. The Morgan fingerprint density at radius 3 is 2.33 bits per heavy atom. The van der Waals surface area contributed by atoms with Crippen molar-refractivity contribution in [1.82, 2.24) is 5.32 Å². The van der Waals surface area contributed by atoms with Crippen molar-refractivity contribution in [3.63, 3.8) is 0 Å². The summed E-state index contributed by atoms with van der Waals surface area (Å²) in [4.78, 5) is 15.1. The molecule has 0 aromatic heterocycles. The molecule has 4 rings (SSSR count). The van der Waals surface area contributed by atoms with Gasteiger partial charge in [-0.05, 0) is 74.1 Å². The number of hydrogen-bond donors (Lipinski definition) is 1. The first-order chi connectivity index (χ1) is 17.1. The molecule has 0 saturated carbocycles. The number of nitrogens with one attached hydrogen (secondary N) is 1. The molecule has 0 radical (unpaired) electrons. The number of anilines is 2. The lowest BCUT2D eigenvalue weighted by atomic mass is 10.1. The largest absolute Gasteiger partial charge is 0.368 e. The van der Waals surface area contributed by atoms with E-state index in [2.05, 4.69) is 41.4 Å². The van der Waals surface area contributed by atoms with E-state index in [1.807, 2.05) is 44.2 Å². The van der Waals surface area contributed by atoms with Crippen LogP contribution in [0.3, 0.4) is 0 Å². The molecule has 1 amide bonds. The Hall–Kier alpha value is -3.32. The van der Waals surface area contributed by atoms with Gasteiger partial charge in [-0.25, -0.2) is 8.42 Å². The van der Waals surface area contributed by atoms with Gasteiger partial charge < -0.3 is 10.2 Å². The fourth-order valence-corrected chi connectivity index (χ4v) is 6.02. The van der Waals surface area contributed by atoms with Crippen molar-refractivity contribution >= 4 is 27.3 Å². The number of amides is 1. The molecule has 190 valence electrons. The summed E-state index contributed by atoms with van der Waals surface area (Å²) in [6.45, 7) is 7.78. The number of benzene rings is 3. The van der Waals surface area contributed by atoms with Crippen LogP contribution in [0.25, 0.3) is 0 Å². The van der Waals surface area contributed by atoms with Gasteiger partial charge in [0.1, 0.15) is 0 Å². The van der Waals surface area contributed by atoms with E-state index >= 15 is 0 Å². The van der Waals surface area contributed by atoms with Crippen LogP contribution in [0.2, 0.25) is 0 Å². The molecule has 1 heterocycles. The lowest BCUT2D eigenvalue weighted by Gasteiger charge is -2.26. The molecule has 0 saturated heterocycles. The average molecular weight is 506 g/mol. The number of para-hydroxylation sites is 2. The Kier molecular flexibility index (Phi) is 7.69. The number of aryl methyl sites for hydroxylation is 2. The highest BCUT2D eigenvalue weighted by molar-refractivity contribution is 7.92. The van der Waals surface area contributed by atoms with E-state index in [0.717, 1.165) is 36.1 Å². The Balaban J connectivity index is 1.34. The molecular formula is C29H35N3O3S. The molecule has 1 aliphatic rings. The first-order valence-corrected chi connectivity index (χ1v) is 14.3. The molecule has 6 nitrogen and oxygen atoms in total. The molecule has 36 heavy (non-hydrogen) atoms. The van der Waals surface area contributed by atoms with Crippen LogP contribution in [-0.4, -0.2) is 39.7 Å². The molecule has 1 aliphatic heterocycles. The summed E-state index contributed by atoms with van der Waals surface area (Å²) < 4.78 is 26.6. The molecule has 0 fully saturated rings. The third-order valence-electron chi connectivity index (χ3n) is 6.84. The zero-order valence-corrected chi connectivity index (χ0v) is 22.3. The summed E-state index contributed by atoms with van der Waals surface area (Å²) in [5.41, 5.74) is 6.60. The van der Waals surface area contributed by atoms with E-state index in [0.29, 0.717) is 23.8 Å². The number of carbonyl (C=O) groups is 1. The van der Waals surface area contributed by atoms with Crippen LogP contribution < -0.4 is 14.5 Å². The first-order valence-electron chi connectivity index (χ1n) is 12.4. The molecule has 3 aromatic carbocycles. The minimum Gasteiger partial charge on any atom is -0.368 e. The SMILES string of the molecule is Cc1cccc(C)c1N(Cc1ccc(C(=O)NCCCN2c3ccccc3CC2C)cc1)S(C)(=O)=O. The third kappa shape index (κ3) is 5.73. The number of nitrogens with zero attached hydrogens (tertiary/aromatic N) is 2. The fourth-order valence-electron chi connectivity index (χ4n) is 5.01. The van der Waals surface area contributed by atoms with E-state index in [4.69, 9.17) is 0 Å². The van der Waals surface area contributed by atoms with Gasteiger partial charge in [0.2, 0.25) is 10.0 Å². The van der Waals surface area contributed by atoms with Crippen LogP contribution in [0.4, 0.5) is 11.4 Å². The van der Waals surface area contributed by atoms with Crippen LogP contribution in [0, 0.1) is 13.8 Å². The highest BCUT2D eigenvalue weighted by Crippen LogP contribution is 2.31. The quantitative estimate of drug-likeness (QED) is 0.423. The molecule has 1 atom stereocenters. The van der Waals surface area contributed by atoms with Gasteiger partial charge in [0.25, 0.3) is 5.91 Å². The second kappa shape index (κ2) is 10.7. The highest BCUT2D eigenvalue weighted by Gasteiger charge is 2.25.